The first-order valence-corrected chi connectivity index (χ1v) is 4.86. The molecule has 1 amide bonds. The van der Waals surface area contributed by atoms with Crippen LogP contribution in [0, 0.1) is 0 Å². The summed E-state index contributed by atoms with van der Waals surface area (Å²) in [5.74, 6) is 0. The maximum atomic E-state index is 11.3. The topological polar surface area (TPSA) is 44.8 Å². The fraction of sp³-hybridized carbons (Fsp3) is 0.889. The summed E-state index contributed by atoms with van der Waals surface area (Å²) >= 11 is 0. The van der Waals surface area contributed by atoms with E-state index in [1.807, 2.05) is 7.05 Å². The molecule has 0 aromatic carbocycles. The summed E-state index contributed by atoms with van der Waals surface area (Å²) in [5, 5.41) is 3.12. The van der Waals surface area contributed by atoms with Crippen LogP contribution in [0.2, 0.25) is 0 Å². The van der Waals surface area contributed by atoms with Gasteiger partial charge in [0.2, 0.25) is 0 Å². The van der Waals surface area contributed by atoms with Crippen LogP contribution in [0.15, 0.2) is 0 Å². The van der Waals surface area contributed by atoms with E-state index in [0.717, 1.165) is 26.2 Å². The van der Waals surface area contributed by atoms with Gasteiger partial charge < -0.3 is 15.0 Å². The van der Waals surface area contributed by atoms with Gasteiger partial charge in [-0.3, -0.25) is 4.90 Å². The van der Waals surface area contributed by atoms with Crippen LogP contribution < -0.4 is 5.32 Å². The van der Waals surface area contributed by atoms with Gasteiger partial charge in [0.25, 0.3) is 0 Å². The number of nitrogens with zero attached hydrogens (tertiary/aromatic N) is 2. The highest BCUT2D eigenvalue weighted by molar-refractivity contribution is 5.67. The minimum Gasteiger partial charge on any atom is -0.453 e. The maximum absolute atomic E-state index is 11.3. The highest BCUT2D eigenvalue weighted by atomic mass is 16.5. The Morgan fingerprint density at radius 1 is 1.57 bits per heavy atom. The van der Waals surface area contributed by atoms with Crippen molar-refractivity contribution in [3.8, 4) is 0 Å². The molecule has 1 heterocycles. The van der Waals surface area contributed by atoms with Crippen LogP contribution in [0.25, 0.3) is 0 Å². The number of hydrogen-bond acceptors (Lipinski definition) is 4. The minimum absolute atomic E-state index is 0.223. The van der Waals surface area contributed by atoms with Crippen molar-refractivity contribution in [2.45, 2.75) is 6.04 Å². The van der Waals surface area contributed by atoms with E-state index in [9.17, 15) is 4.79 Å². The second-order valence-corrected chi connectivity index (χ2v) is 3.61. The highest BCUT2D eigenvalue weighted by Crippen LogP contribution is 2.07. The molecule has 5 nitrogen and oxygen atoms in total. The molecule has 0 aromatic heterocycles. The summed E-state index contributed by atoms with van der Waals surface area (Å²) in [4.78, 5) is 15.3. The Labute approximate surface area is 85.0 Å². The molecule has 5 heteroatoms. The fourth-order valence-corrected chi connectivity index (χ4v) is 1.70. The van der Waals surface area contributed by atoms with E-state index < -0.39 is 0 Å². The van der Waals surface area contributed by atoms with Crippen molar-refractivity contribution in [1.29, 1.82) is 0 Å². The van der Waals surface area contributed by atoms with Gasteiger partial charge in [-0.1, -0.05) is 0 Å². The number of ether oxygens (including phenoxy) is 1. The molecule has 0 radical (unpaired) electrons. The second kappa shape index (κ2) is 5.17. The lowest BCUT2D eigenvalue weighted by Gasteiger charge is -2.38. The smallest absolute Gasteiger partial charge is 0.409 e. The molecule has 0 aliphatic carbocycles. The summed E-state index contributed by atoms with van der Waals surface area (Å²) < 4.78 is 4.70. The van der Waals surface area contributed by atoms with E-state index >= 15 is 0 Å². The van der Waals surface area contributed by atoms with Gasteiger partial charge >= 0.3 is 6.09 Å². The van der Waals surface area contributed by atoms with Crippen molar-refractivity contribution >= 4 is 6.09 Å². The van der Waals surface area contributed by atoms with E-state index in [4.69, 9.17) is 4.74 Å². The molecule has 1 unspecified atom stereocenters. The van der Waals surface area contributed by atoms with Gasteiger partial charge in [-0.25, -0.2) is 4.79 Å². The molecule has 1 aliphatic heterocycles. The first-order chi connectivity index (χ1) is 6.69. The standard InChI is InChI=1S/C9H19N3O2/c1-10-6-8-7-12(9(13)14-3)5-4-11(8)2/h8,10H,4-7H2,1-3H3. The Bertz CT molecular complexity index is 198. The minimum atomic E-state index is -0.223. The third kappa shape index (κ3) is 2.59. The molecule has 82 valence electrons. The van der Waals surface area contributed by atoms with Gasteiger partial charge in [0.15, 0.2) is 0 Å². The molecular weight excluding hydrogens is 182 g/mol. The third-order valence-corrected chi connectivity index (χ3v) is 2.65. The number of amides is 1. The van der Waals surface area contributed by atoms with E-state index in [-0.39, 0.29) is 6.09 Å². The first-order valence-electron chi connectivity index (χ1n) is 4.86. The van der Waals surface area contributed by atoms with Gasteiger partial charge in [0.05, 0.1) is 7.11 Å². The van der Waals surface area contributed by atoms with Crippen LogP contribution in [0.5, 0.6) is 0 Å². The van der Waals surface area contributed by atoms with E-state index in [0.29, 0.717) is 6.04 Å². The Balaban J connectivity index is 2.48. The number of nitrogens with one attached hydrogen (secondary N) is 1. The van der Waals surface area contributed by atoms with E-state index in [1.54, 1.807) is 4.90 Å². The Hall–Kier alpha value is -0.810. The van der Waals surface area contributed by atoms with Crippen molar-refractivity contribution in [3.63, 3.8) is 0 Å². The van der Waals surface area contributed by atoms with Crippen LogP contribution in [-0.4, -0.2) is 69.3 Å². The summed E-state index contributed by atoms with van der Waals surface area (Å²) in [7, 11) is 5.43. The largest absolute Gasteiger partial charge is 0.453 e. The average molecular weight is 201 g/mol. The van der Waals surface area contributed by atoms with Crippen LogP contribution in [-0.2, 0) is 4.74 Å². The van der Waals surface area contributed by atoms with Gasteiger partial charge in [-0.2, -0.15) is 0 Å². The number of piperazine rings is 1. The summed E-state index contributed by atoms with van der Waals surface area (Å²) in [6, 6.07) is 0.382. The van der Waals surface area contributed by atoms with Crippen LogP contribution in [0.4, 0.5) is 4.79 Å². The zero-order chi connectivity index (χ0) is 10.6. The maximum Gasteiger partial charge on any atom is 0.409 e. The Morgan fingerprint density at radius 2 is 2.29 bits per heavy atom. The molecule has 0 aromatic rings. The average Bonchev–Trinajstić information content (AvgIpc) is 2.20. The van der Waals surface area contributed by atoms with Crippen molar-refractivity contribution in [2.24, 2.45) is 0 Å². The van der Waals surface area contributed by atoms with Crippen molar-refractivity contribution in [2.75, 3.05) is 47.4 Å². The molecule has 1 atom stereocenters. The zero-order valence-corrected chi connectivity index (χ0v) is 9.12. The molecule has 0 saturated carbocycles. The first kappa shape index (κ1) is 11.3. The second-order valence-electron chi connectivity index (χ2n) is 3.61. The number of likely N-dealkylation sites (N-methyl/N-ethyl adjacent to an activating group) is 2. The third-order valence-electron chi connectivity index (χ3n) is 2.65. The Kier molecular flexibility index (Phi) is 4.16. The number of rotatable bonds is 2. The van der Waals surface area contributed by atoms with Crippen LogP contribution in [0.1, 0.15) is 0 Å². The lowest BCUT2D eigenvalue weighted by atomic mass is 10.2. The van der Waals surface area contributed by atoms with Gasteiger partial charge in [-0.15, -0.1) is 0 Å². The predicted molar refractivity (Wildman–Crippen MR) is 54.3 cm³/mol. The normalized spacial score (nSPS) is 23.6. The number of hydrogen-bond donors (Lipinski definition) is 1. The lowest BCUT2D eigenvalue weighted by Crippen LogP contribution is -2.56. The van der Waals surface area contributed by atoms with Crippen molar-refractivity contribution in [1.82, 2.24) is 15.1 Å². The molecule has 1 rings (SSSR count). The monoisotopic (exact) mass is 201 g/mol. The molecule has 14 heavy (non-hydrogen) atoms. The molecule has 1 N–H and O–H groups in total. The molecule has 1 fully saturated rings. The highest BCUT2D eigenvalue weighted by Gasteiger charge is 2.26. The molecule has 1 aliphatic rings. The van der Waals surface area contributed by atoms with Gasteiger partial charge in [0.1, 0.15) is 0 Å². The number of carbonyl (C=O) groups excluding carboxylic acids is 1. The lowest BCUT2D eigenvalue weighted by molar-refractivity contribution is 0.0725. The summed E-state index contributed by atoms with van der Waals surface area (Å²) in [5.41, 5.74) is 0. The fourth-order valence-electron chi connectivity index (χ4n) is 1.70. The van der Waals surface area contributed by atoms with Crippen LogP contribution in [0.3, 0.4) is 0 Å². The van der Waals surface area contributed by atoms with Gasteiger partial charge in [-0.05, 0) is 14.1 Å². The van der Waals surface area contributed by atoms with Crippen molar-refractivity contribution in [3.05, 3.63) is 0 Å². The zero-order valence-electron chi connectivity index (χ0n) is 9.12. The van der Waals surface area contributed by atoms with Crippen LogP contribution >= 0.6 is 0 Å². The van der Waals surface area contributed by atoms with Crippen molar-refractivity contribution < 1.29 is 9.53 Å². The number of methoxy groups -OCH3 is 1. The molecule has 0 bridgehead atoms. The molecule has 1 saturated heterocycles. The Morgan fingerprint density at radius 3 is 2.86 bits per heavy atom. The van der Waals surface area contributed by atoms with E-state index in [2.05, 4.69) is 17.3 Å². The van der Waals surface area contributed by atoms with E-state index in [1.165, 1.54) is 7.11 Å². The number of carbonyl (C=O) groups is 1. The molecular formula is C9H19N3O2. The SMILES string of the molecule is CNCC1CN(C(=O)OC)CCN1C. The predicted octanol–water partition coefficient (Wildman–Crippen LogP) is -0.412. The summed E-state index contributed by atoms with van der Waals surface area (Å²) in [6.07, 6.45) is -0.223. The summed E-state index contributed by atoms with van der Waals surface area (Å²) in [6.45, 7) is 3.29. The molecule has 0 spiro atoms. The van der Waals surface area contributed by atoms with Gasteiger partial charge in [0, 0.05) is 32.2 Å². The quantitative estimate of drug-likeness (QED) is 0.659.